The molecule has 1 unspecified atom stereocenters. The number of anilines is 1. The number of sulfonamides is 1. The minimum absolute atomic E-state index is 0.0273. The van der Waals surface area contributed by atoms with Crippen LogP contribution >= 0.6 is 0 Å². The Kier molecular flexibility index (Phi) is 10.3. The molecule has 0 saturated heterocycles. The summed E-state index contributed by atoms with van der Waals surface area (Å²) in [6.45, 7) is 10.6. The van der Waals surface area contributed by atoms with Crippen molar-refractivity contribution in [3.8, 4) is 11.5 Å². The predicted octanol–water partition coefficient (Wildman–Crippen LogP) is 4.85. The highest BCUT2D eigenvalue weighted by Gasteiger charge is 2.33. The van der Waals surface area contributed by atoms with Crippen LogP contribution in [0.4, 0.5) is 5.69 Å². The van der Waals surface area contributed by atoms with E-state index in [0.29, 0.717) is 11.5 Å². The number of methoxy groups -OCH3 is 2. The molecule has 3 rings (SSSR count). The monoisotopic (exact) mass is 595 g/mol. The molecule has 1 N–H and O–H groups in total. The molecule has 3 aromatic rings. The van der Waals surface area contributed by atoms with Crippen LogP contribution in [0.3, 0.4) is 0 Å². The van der Waals surface area contributed by atoms with Gasteiger partial charge >= 0.3 is 0 Å². The van der Waals surface area contributed by atoms with E-state index in [1.54, 1.807) is 31.2 Å². The minimum atomic E-state index is -4.21. The molecule has 42 heavy (non-hydrogen) atoms. The number of carbonyl (C=O) groups excluding carboxylic acids is 2. The van der Waals surface area contributed by atoms with Crippen LogP contribution in [-0.2, 0) is 26.2 Å². The van der Waals surface area contributed by atoms with Crippen molar-refractivity contribution in [2.75, 3.05) is 25.1 Å². The molecule has 2 amide bonds. The largest absolute Gasteiger partial charge is 0.493 e. The lowest BCUT2D eigenvalue weighted by molar-refractivity contribution is -0.140. The molecule has 10 heteroatoms. The highest BCUT2D eigenvalue weighted by molar-refractivity contribution is 7.92. The van der Waals surface area contributed by atoms with E-state index in [1.165, 1.54) is 37.3 Å². The molecule has 0 spiro atoms. The summed E-state index contributed by atoms with van der Waals surface area (Å²) in [4.78, 5) is 28.8. The first-order chi connectivity index (χ1) is 19.7. The second-order valence-electron chi connectivity index (χ2n) is 11.3. The quantitative estimate of drug-likeness (QED) is 0.340. The van der Waals surface area contributed by atoms with Crippen LogP contribution in [0, 0.1) is 13.8 Å². The van der Waals surface area contributed by atoms with Crippen LogP contribution in [0.15, 0.2) is 71.6 Å². The van der Waals surface area contributed by atoms with Crippen LogP contribution in [0.2, 0.25) is 0 Å². The Morgan fingerprint density at radius 2 is 1.52 bits per heavy atom. The topological polar surface area (TPSA) is 105 Å². The Labute approximate surface area is 249 Å². The molecular weight excluding hydrogens is 554 g/mol. The second kappa shape index (κ2) is 13.3. The number of nitrogens with one attached hydrogen (secondary N) is 1. The molecular formula is C32H41N3O6S. The van der Waals surface area contributed by atoms with Crippen molar-refractivity contribution in [3.63, 3.8) is 0 Å². The maximum Gasteiger partial charge on any atom is 0.264 e. The standard InChI is InChI=1S/C32H41N3O6S/c1-22-12-15-27(16-13-22)42(38,39)35(26-14-17-28(40-7)29(19-26)41-8)21-30(36)34(20-25-11-9-10-23(2)18-25)24(3)31(37)33-32(4,5)6/h9-19,24H,20-21H2,1-8H3,(H,33,37). The van der Waals surface area contributed by atoms with E-state index in [9.17, 15) is 18.0 Å². The van der Waals surface area contributed by atoms with E-state index in [-0.39, 0.29) is 23.0 Å². The van der Waals surface area contributed by atoms with E-state index >= 15 is 0 Å². The summed E-state index contributed by atoms with van der Waals surface area (Å²) < 4.78 is 39.9. The van der Waals surface area contributed by atoms with Crippen molar-refractivity contribution < 1.29 is 27.5 Å². The lowest BCUT2D eigenvalue weighted by Gasteiger charge is -2.33. The predicted molar refractivity (Wildman–Crippen MR) is 164 cm³/mol. The second-order valence-corrected chi connectivity index (χ2v) is 13.2. The lowest BCUT2D eigenvalue weighted by Crippen LogP contribution is -2.54. The first-order valence-corrected chi connectivity index (χ1v) is 15.1. The Morgan fingerprint density at radius 3 is 2.10 bits per heavy atom. The third kappa shape index (κ3) is 8.03. The van der Waals surface area contributed by atoms with Gasteiger partial charge in [-0.15, -0.1) is 0 Å². The van der Waals surface area contributed by atoms with Gasteiger partial charge in [-0.3, -0.25) is 13.9 Å². The first kappa shape index (κ1) is 32.5. The maximum atomic E-state index is 14.1. The van der Waals surface area contributed by atoms with Gasteiger partial charge in [0.15, 0.2) is 11.5 Å². The third-order valence-electron chi connectivity index (χ3n) is 6.64. The van der Waals surface area contributed by atoms with Gasteiger partial charge in [-0.2, -0.15) is 0 Å². The molecule has 0 fully saturated rings. The number of ether oxygens (including phenoxy) is 2. The molecule has 3 aromatic carbocycles. The number of nitrogens with zero attached hydrogens (tertiary/aromatic N) is 2. The molecule has 9 nitrogen and oxygen atoms in total. The third-order valence-corrected chi connectivity index (χ3v) is 8.43. The summed E-state index contributed by atoms with van der Waals surface area (Å²) in [5.41, 5.74) is 2.40. The smallest absolute Gasteiger partial charge is 0.264 e. The number of rotatable bonds is 11. The number of aryl methyl sites for hydroxylation is 2. The van der Waals surface area contributed by atoms with Crippen molar-refractivity contribution >= 4 is 27.5 Å². The van der Waals surface area contributed by atoms with Gasteiger partial charge in [0.2, 0.25) is 11.8 Å². The minimum Gasteiger partial charge on any atom is -0.493 e. The maximum absolute atomic E-state index is 14.1. The number of hydrogen-bond donors (Lipinski definition) is 1. The van der Waals surface area contributed by atoms with Crippen LogP contribution in [-0.4, -0.2) is 57.5 Å². The fourth-order valence-corrected chi connectivity index (χ4v) is 5.82. The summed E-state index contributed by atoms with van der Waals surface area (Å²) in [5, 5.41) is 2.93. The molecule has 0 aliphatic heterocycles. The molecule has 0 bridgehead atoms. The van der Waals surface area contributed by atoms with Crippen molar-refractivity contribution in [3.05, 3.63) is 83.4 Å². The van der Waals surface area contributed by atoms with Gasteiger partial charge in [0.05, 0.1) is 24.8 Å². The zero-order valence-corrected chi connectivity index (χ0v) is 26.4. The fourth-order valence-electron chi connectivity index (χ4n) is 4.41. The average molecular weight is 596 g/mol. The lowest BCUT2D eigenvalue weighted by atomic mass is 10.1. The molecule has 0 radical (unpaired) electrons. The molecule has 1 atom stereocenters. The summed E-state index contributed by atoms with van der Waals surface area (Å²) in [5.74, 6) is -0.170. The molecule has 226 valence electrons. The Balaban J connectivity index is 2.10. The summed E-state index contributed by atoms with van der Waals surface area (Å²) in [6, 6.07) is 17.8. The van der Waals surface area contributed by atoms with E-state index in [0.717, 1.165) is 21.0 Å². The van der Waals surface area contributed by atoms with Crippen LogP contribution in [0.1, 0.15) is 44.4 Å². The SMILES string of the molecule is COc1ccc(N(CC(=O)N(Cc2cccc(C)c2)C(C)C(=O)NC(C)(C)C)S(=O)(=O)c2ccc(C)cc2)cc1OC. The molecule has 0 heterocycles. The Bertz CT molecular complexity index is 1510. The van der Waals surface area contributed by atoms with Crippen LogP contribution < -0.4 is 19.1 Å². The Hall–Kier alpha value is -4.05. The number of benzene rings is 3. The molecule has 0 aliphatic rings. The van der Waals surface area contributed by atoms with Crippen LogP contribution in [0.25, 0.3) is 0 Å². The van der Waals surface area contributed by atoms with Crippen molar-refractivity contribution in [1.82, 2.24) is 10.2 Å². The van der Waals surface area contributed by atoms with Gasteiger partial charge in [0, 0.05) is 18.2 Å². The molecule has 0 aliphatic carbocycles. The van der Waals surface area contributed by atoms with Crippen molar-refractivity contribution in [2.24, 2.45) is 0 Å². The average Bonchev–Trinajstić information content (AvgIpc) is 2.93. The van der Waals surface area contributed by atoms with Gasteiger partial charge in [0.1, 0.15) is 12.6 Å². The normalized spacial score (nSPS) is 12.3. The van der Waals surface area contributed by atoms with E-state index < -0.39 is 34.1 Å². The van der Waals surface area contributed by atoms with E-state index in [1.807, 2.05) is 58.9 Å². The number of amides is 2. The van der Waals surface area contributed by atoms with Crippen molar-refractivity contribution in [1.29, 1.82) is 0 Å². The zero-order valence-electron chi connectivity index (χ0n) is 25.6. The van der Waals surface area contributed by atoms with Gasteiger partial charge in [-0.25, -0.2) is 8.42 Å². The summed E-state index contributed by atoms with van der Waals surface area (Å²) in [7, 11) is -1.28. The molecule has 0 aromatic heterocycles. The first-order valence-electron chi connectivity index (χ1n) is 13.6. The fraction of sp³-hybridized carbons (Fsp3) is 0.375. The molecule has 0 saturated carbocycles. The summed E-state index contributed by atoms with van der Waals surface area (Å²) >= 11 is 0. The number of hydrogen-bond acceptors (Lipinski definition) is 6. The highest BCUT2D eigenvalue weighted by atomic mass is 32.2. The Morgan fingerprint density at radius 1 is 0.881 bits per heavy atom. The zero-order chi connectivity index (χ0) is 31.2. The van der Waals surface area contributed by atoms with Gasteiger partial charge in [-0.05, 0) is 71.4 Å². The summed E-state index contributed by atoms with van der Waals surface area (Å²) in [6.07, 6.45) is 0. The van der Waals surface area contributed by atoms with E-state index in [4.69, 9.17) is 9.47 Å². The van der Waals surface area contributed by atoms with Gasteiger partial charge in [0.25, 0.3) is 10.0 Å². The van der Waals surface area contributed by atoms with Crippen molar-refractivity contribution in [2.45, 2.75) is 64.6 Å². The van der Waals surface area contributed by atoms with E-state index in [2.05, 4.69) is 5.32 Å². The van der Waals surface area contributed by atoms with Gasteiger partial charge in [-0.1, -0.05) is 47.5 Å². The van der Waals surface area contributed by atoms with Crippen LogP contribution in [0.5, 0.6) is 11.5 Å². The number of carbonyl (C=O) groups is 2. The highest BCUT2D eigenvalue weighted by Crippen LogP contribution is 2.34. The van der Waals surface area contributed by atoms with Gasteiger partial charge < -0.3 is 19.7 Å².